The quantitative estimate of drug-likeness (QED) is 0.475. The van der Waals surface area contributed by atoms with Gasteiger partial charge in [-0.2, -0.15) is 0 Å². The Balaban J connectivity index is 0.00000200. The summed E-state index contributed by atoms with van der Waals surface area (Å²) in [5.41, 5.74) is 6.13. The highest BCUT2D eigenvalue weighted by atomic mass is 127. The fourth-order valence-corrected chi connectivity index (χ4v) is 2.99. The number of hydrogen-bond acceptors (Lipinski definition) is 3. The monoisotopic (exact) mass is 409 g/mol. The number of nitrogens with zero attached hydrogens (tertiary/aromatic N) is 2. The highest BCUT2D eigenvalue weighted by Gasteiger charge is 2.23. The lowest BCUT2D eigenvalue weighted by molar-refractivity contribution is 0.00527. The smallest absolute Gasteiger partial charge is 0.191 e. The minimum atomic E-state index is 0. The minimum Gasteiger partial charge on any atom is -0.375 e. The zero-order valence-corrected chi connectivity index (χ0v) is 15.5. The van der Waals surface area contributed by atoms with Gasteiger partial charge in [0.15, 0.2) is 5.96 Å². The molecular formula is C14H24IN3OS. The Hall–Kier alpha value is -0.340. The summed E-state index contributed by atoms with van der Waals surface area (Å²) in [5, 5.41) is 2.10. The second-order valence-electron chi connectivity index (χ2n) is 5.66. The van der Waals surface area contributed by atoms with E-state index >= 15 is 0 Å². The summed E-state index contributed by atoms with van der Waals surface area (Å²) in [6, 6.07) is 4.24. The first-order valence-electron chi connectivity index (χ1n) is 6.69. The highest BCUT2D eigenvalue weighted by Crippen LogP contribution is 2.27. The lowest BCUT2D eigenvalue weighted by Gasteiger charge is -2.32. The van der Waals surface area contributed by atoms with Crippen LogP contribution in [0.5, 0.6) is 0 Å². The second-order valence-corrected chi connectivity index (χ2v) is 6.61. The van der Waals surface area contributed by atoms with Crippen molar-refractivity contribution < 1.29 is 4.74 Å². The van der Waals surface area contributed by atoms with Gasteiger partial charge >= 0.3 is 0 Å². The molecule has 1 saturated heterocycles. The Labute approximate surface area is 142 Å². The normalized spacial score (nSPS) is 20.6. The molecule has 4 nitrogen and oxygen atoms in total. The lowest BCUT2D eigenvalue weighted by atomic mass is 9.92. The van der Waals surface area contributed by atoms with Crippen LogP contribution >= 0.6 is 35.3 Å². The second kappa shape index (κ2) is 7.61. The van der Waals surface area contributed by atoms with Gasteiger partial charge in [-0.25, -0.2) is 0 Å². The van der Waals surface area contributed by atoms with E-state index in [4.69, 9.17) is 10.5 Å². The molecule has 1 unspecified atom stereocenters. The average Bonchev–Trinajstić information content (AvgIpc) is 2.90. The van der Waals surface area contributed by atoms with Crippen LogP contribution in [0.2, 0.25) is 0 Å². The van der Waals surface area contributed by atoms with Gasteiger partial charge in [0.1, 0.15) is 0 Å². The Morgan fingerprint density at radius 3 is 2.95 bits per heavy atom. The van der Waals surface area contributed by atoms with Gasteiger partial charge in [0.05, 0.1) is 19.3 Å². The number of ether oxygens (including phenoxy) is 1. The molecule has 2 N–H and O–H groups in total. The molecule has 0 aromatic carbocycles. The van der Waals surface area contributed by atoms with Crippen LogP contribution in [0.4, 0.5) is 0 Å². The van der Waals surface area contributed by atoms with Gasteiger partial charge in [-0.15, -0.1) is 35.3 Å². The summed E-state index contributed by atoms with van der Waals surface area (Å²) in [6.45, 7) is 9.58. The van der Waals surface area contributed by atoms with Crippen LogP contribution in [0.25, 0.3) is 0 Å². The van der Waals surface area contributed by atoms with E-state index in [1.54, 1.807) is 11.3 Å². The molecule has 1 aromatic rings. The molecule has 1 atom stereocenters. The zero-order valence-electron chi connectivity index (χ0n) is 12.3. The van der Waals surface area contributed by atoms with Gasteiger partial charge in [-0.05, 0) is 18.4 Å². The van der Waals surface area contributed by atoms with Crippen LogP contribution in [0, 0.1) is 0 Å². The Kier molecular flexibility index (Phi) is 6.74. The number of nitrogens with two attached hydrogens (primary N) is 1. The van der Waals surface area contributed by atoms with Gasteiger partial charge in [0, 0.05) is 23.4 Å². The van der Waals surface area contributed by atoms with Crippen molar-refractivity contribution in [1.82, 2.24) is 4.90 Å². The van der Waals surface area contributed by atoms with Gasteiger partial charge in [-0.1, -0.05) is 19.9 Å². The molecule has 0 bridgehead atoms. The summed E-state index contributed by atoms with van der Waals surface area (Å²) in [6.07, 6.45) is 0.229. The van der Waals surface area contributed by atoms with Crippen molar-refractivity contribution in [2.75, 3.05) is 26.2 Å². The molecule has 0 saturated carbocycles. The van der Waals surface area contributed by atoms with E-state index in [1.807, 2.05) is 0 Å². The average molecular weight is 409 g/mol. The predicted octanol–water partition coefficient (Wildman–Crippen LogP) is 2.68. The maximum absolute atomic E-state index is 6.09. The molecule has 114 valence electrons. The summed E-state index contributed by atoms with van der Waals surface area (Å²) < 4.78 is 5.51. The van der Waals surface area contributed by atoms with Crippen LogP contribution in [0.3, 0.4) is 0 Å². The molecule has 1 aromatic heterocycles. The van der Waals surface area contributed by atoms with E-state index in [0.717, 1.165) is 19.7 Å². The van der Waals surface area contributed by atoms with E-state index in [-0.39, 0.29) is 35.5 Å². The number of hydrogen-bond donors (Lipinski definition) is 1. The van der Waals surface area contributed by atoms with Crippen molar-refractivity contribution in [2.24, 2.45) is 10.7 Å². The SMILES string of the molecule is CC1CN(C(N)=NCC(C)(C)c2cccs2)CCO1.I. The zero-order chi connectivity index (χ0) is 13.9. The van der Waals surface area contributed by atoms with Crippen molar-refractivity contribution in [2.45, 2.75) is 32.3 Å². The number of rotatable bonds is 3. The van der Waals surface area contributed by atoms with Crippen molar-refractivity contribution in [1.29, 1.82) is 0 Å². The number of morpholine rings is 1. The third-order valence-electron chi connectivity index (χ3n) is 3.39. The van der Waals surface area contributed by atoms with Crippen molar-refractivity contribution in [3.8, 4) is 0 Å². The maximum atomic E-state index is 6.09. The number of halogens is 1. The first-order chi connectivity index (χ1) is 8.99. The molecule has 0 amide bonds. The standard InChI is InChI=1S/C14H23N3OS.HI/c1-11-9-17(6-7-18-11)13(15)16-10-14(2,3)12-5-4-8-19-12;/h4-5,8,11H,6-7,9-10H2,1-3H3,(H2,15,16);1H. The van der Waals surface area contributed by atoms with Crippen molar-refractivity contribution >= 4 is 41.3 Å². The molecule has 0 spiro atoms. The first-order valence-corrected chi connectivity index (χ1v) is 7.57. The summed E-state index contributed by atoms with van der Waals surface area (Å²) >= 11 is 1.77. The molecule has 0 radical (unpaired) electrons. The van der Waals surface area contributed by atoms with Gasteiger partial charge in [0.2, 0.25) is 0 Å². The largest absolute Gasteiger partial charge is 0.375 e. The van der Waals surface area contributed by atoms with E-state index in [2.05, 4.69) is 48.2 Å². The highest BCUT2D eigenvalue weighted by molar-refractivity contribution is 14.0. The van der Waals surface area contributed by atoms with E-state index in [0.29, 0.717) is 12.5 Å². The van der Waals surface area contributed by atoms with Gasteiger partial charge in [-0.3, -0.25) is 4.99 Å². The van der Waals surface area contributed by atoms with Gasteiger partial charge < -0.3 is 15.4 Å². The Morgan fingerprint density at radius 1 is 1.60 bits per heavy atom. The van der Waals surface area contributed by atoms with Crippen LogP contribution < -0.4 is 5.73 Å². The summed E-state index contributed by atoms with van der Waals surface area (Å²) in [5.74, 6) is 0.639. The molecular weight excluding hydrogens is 385 g/mol. The summed E-state index contributed by atoms with van der Waals surface area (Å²) in [4.78, 5) is 8.04. The fraction of sp³-hybridized carbons (Fsp3) is 0.643. The van der Waals surface area contributed by atoms with Crippen molar-refractivity contribution in [3.63, 3.8) is 0 Å². The maximum Gasteiger partial charge on any atom is 0.191 e. The molecule has 1 aliphatic rings. The van der Waals surface area contributed by atoms with E-state index in [9.17, 15) is 0 Å². The Morgan fingerprint density at radius 2 is 2.35 bits per heavy atom. The lowest BCUT2D eigenvalue weighted by Crippen LogP contribution is -2.48. The van der Waals surface area contributed by atoms with Gasteiger partial charge in [0.25, 0.3) is 0 Å². The van der Waals surface area contributed by atoms with Crippen LogP contribution in [0.15, 0.2) is 22.5 Å². The topological polar surface area (TPSA) is 50.8 Å². The third-order valence-corrected chi connectivity index (χ3v) is 4.63. The predicted molar refractivity (Wildman–Crippen MR) is 96.2 cm³/mol. The molecule has 20 heavy (non-hydrogen) atoms. The molecule has 6 heteroatoms. The third kappa shape index (κ3) is 4.60. The molecule has 1 aliphatic heterocycles. The van der Waals surface area contributed by atoms with Crippen LogP contribution in [-0.2, 0) is 10.2 Å². The van der Waals surface area contributed by atoms with Crippen LogP contribution in [0.1, 0.15) is 25.6 Å². The number of aliphatic imine (C=N–C) groups is 1. The molecule has 2 heterocycles. The Bertz CT molecular complexity index is 434. The van der Waals surface area contributed by atoms with Crippen molar-refractivity contribution in [3.05, 3.63) is 22.4 Å². The molecule has 2 rings (SSSR count). The fourth-order valence-electron chi connectivity index (χ4n) is 2.15. The van der Waals surface area contributed by atoms with E-state index < -0.39 is 0 Å². The number of thiophene rings is 1. The molecule has 0 aliphatic carbocycles. The molecule has 1 fully saturated rings. The first kappa shape index (κ1) is 17.7. The van der Waals surface area contributed by atoms with Crippen LogP contribution in [-0.4, -0.2) is 43.2 Å². The van der Waals surface area contributed by atoms with E-state index in [1.165, 1.54) is 4.88 Å². The number of guanidine groups is 1. The minimum absolute atomic E-state index is 0. The summed E-state index contributed by atoms with van der Waals surface area (Å²) in [7, 11) is 0.